The summed E-state index contributed by atoms with van der Waals surface area (Å²) >= 11 is 0. The first-order valence-electron chi connectivity index (χ1n) is 9.69. The fraction of sp³-hybridized carbons (Fsp3) is 0.273. The van der Waals surface area contributed by atoms with Gasteiger partial charge in [0.15, 0.2) is 0 Å². The number of fused-ring (bicyclic) bond motifs is 1. The maximum Gasteiger partial charge on any atom is 0.272 e. The van der Waals surface area contributed by atoms with Crippen LogP contribution >= 0.6 is 0 Å². The van der Waals surface area contributed by atoms with Crippen molar-refractivity contribution in [3.05, 3.63) is 58.5 Å². The van der Waals surface area contributed by atoms with Gasteiger partial charge in [-0.05, 0) is 62.7 Å². The lowest BCUT2D eigenvalue weighted by molar-refractivity contribution is 0.340. The zero-order chi connectivity index (χ0) is 20.4. The first kappa shape index (κ1) is 18.9. The summed E-state index contributed by atoms with van der Waals surface area (Å²) in [4.78, 5) is 21.4. The van der Waals surface area contributed by atoms with Crippen molar-refractivity contribution in [3.8, 4) is 28.6 Å². The Hall–Kier alpha value is -3.48. The molecule has 0 amide bonds. The van der Waals surface area contributed by atoms with Gasteiger partial charge in [-0.2, -0.15) is 4.98 Å². The van der Waals surface area contributed by atoms with Crippen LogP contribution in [0.1, 0.15) is 26.0 Å². The van der Waals surface area contributed by atoms with E-state index in [1.54, 1.807) is 11.5 Å². The van der Waals surface area contributed by atoms with Crippen molar-refractivity contribution in [1.82, 2.24) is 19.7 Å². The normalized spacial score (nSPS) is 11.1. The summed E-state index contributed by atoms with van der Waals surface area (Å²) in [5.74, 6) is 1.71. The van der Waals surface area contributed by atoms with Crippen LogP contribution in [0.2, 0.25) is 0 Å². The van der Waals surface area contributed by atoms with Crippen LogP contribution in [0.4, 0.5) is 0 Å². The smallest absolute Gasteiger partial charge is 0.272 e. The highest BCUT2D eigenvalue weighted by Gasteiger charge is 2.14. The van der Waals surface area contributed by atoms with Gasteiger partial charge in [-0.1, -0.05) is 12.1 Å². The van der Waals surface area contributed by atoms with Crippen molar-refractivity contribution in [3.63, 3.8) is 0 Å². The van der Waals surface area contributed by atoms with E-state index < -0.39 is 0 Å². The topological polar surface area (TPSA) is 83.0 Å². The average Bonchev–Trinajstić information content (AvgIpc) is 3.22. The monoisotopic (exact) mass is 390 g/mol. The number of hydrogen-bond acceptors (Lipinski definition) is 6. The summed E-state index contributed by atoms with van der Waals surface area (Å²) < 4.78 is 12.7. The standard InChI is InChI=1S/C22H22N4O3/c1-4-12-26-19-11-8-16(13-18(19)23-14(3)22(26)27)20-24-21(29-25-20)15-6-9-17(10-7-15)28-5-2/h6-11,13H,4-5,12H2,1-3H3. The van der Waals surface area contributed by atoms with Crippen molar-refractivity contribution in [2.75, 3.05) is 6.61 Å². The molecule has 0 radical (unpaired) electrons. The zero-order valence-electron chi connectivity index (χ0n) is 16.7. The number of hydrogen-bond donors (Lipinski definition) is 0. The number of ether oxygens (including phenoxy) is 1. The molecular weight excluding hydrogens is 368 g/mol. The van der Waals surface area contributed by atoms with Crippen molar-refractivity contribution in [1.29, 1.82) is 0 Å². The van der Waals surface area contributed by atoms with Gasteiger partial charge in [-0.3, -0.25) is 4.79 Å². The Bertz CT molecular complexity index is 1210. The predicted octanol–water partition coefficient (Wildman–Crippen LogP) is 4.23. The van der Waals surface area contributed by atoms with Gasteiger partial charge in [0, 0.05) is 17.7 Å². The molecule has 0 spiro atoms. The molecule has 0 fully saturated rings. The minimum Gasteiger partial charge on any atom is -0.494 e. The van der Waals surface area contributed by atoms with Crippen LogP contribution in [0.25, 0.3) is 33.9 Å². The van der Waals surface area contributed by atoms with Gasteiger partial charge in [0.25, 0.3) is 11.4 Å². The van der Waals surface area contributed by atoms with Crippen LogP contribution in [0.15, 0.2) is 51.8 Å². The molecule has 4 aromatic rings. The molecule has 4 rings (SSSR count). The largest absolute Gasteiger partial charge is 0.494 e. The molecule has 2 heterocycles. The summed E-state index contributed by atoms with van der Waals surface area (Å²) in [6.07, 6.45) is 0.872. The number of aryl methyl sites for hydroxylation is 2. The van der Waals surface area contributed by atoms with E-state index in [0.717, 1.165) is 34.3 Å². The Morgan fingerprint density at radius 3 is 2.52 bits per heavy atom. The van der Waals surface area contributed by atoms with E-state index in [0.29, 0.717) is 30.6 Å². The second-order valence-electron chi connectivity index (χ2n) is 6.74. The molecular formula is C22H22N4O3. The van der Waals surface area contributed by atoms with Gasteiger partial charge in [0.1, 0.15) is 11.4 Å². The molecule has 148 valence electrons. The van der Waals surface area contributed by atoms with Crippen molar-refractivity contribution in [2.45, 2.75) is 33.7 Å². The average molecular weight is 390 g/mol. The second-order valence-corrected chi connectivity index (χ2v) is 6.74. The van der Waals surface area contributed by atoms with Crippen LogP contribution in [0.5, 0.6) is 5.75 Å². The van der Waals surface area contributed by atoms with Crippen LogP contribution in [-0.4, -0.2) is 26.3 Å². The van der Waals surface area contributed by atoms with Gasteiger partial charge in [0.05, 0.1) is 17.6 Å². The molecule has 0 aliphatic carbocycles. The first-order valence-corrected chi connectivity index (χ1v) is 9.69. The van der Waals surface area contributed by atoms with Crippen molar-refractivity contribution >= 4 is 11.0 Å². The van der Waals surface area contributed by atoms with E-state index in [-0.39, 0.29) is 5.56 Å². The quantitative estimate of drug-likeness (QED) is 0.490. The highest BCUT2D eigenvalue weighted by Crippen LogP contribution is 2.26. The molecule has 2 aromatic heterocycles. The summed E-state index contributed by atoms with van der Waals surface area (Å²) in [7, 11) is 0. The third kappa shape index (κ3) is 3.63. The molecule has 2 aromatic carbocycles. The van der Waals surface area contributed by atoms with Gasteiger partial charge >= 0.3 is 0 Å². The Labute approximate surface area is 168 Å². The van der Waals surface area contributed by atoms with E-state index >= 15 is 0 Å². The molecule has 0 bridgehead atoms. The Morgan fingerprint density at radius 2 is 1.79 bits per heavy atom. The number of benzene rings is 2. The zero-order valence-corrected chi connectivity index (χ0v) is 16.7. The molecule has 0 aliphatic rings. The molecule has 7 nitrogen and oxygen atoms in total. The fourth-order valence-corrected chi connectivity index (χ4v) is 3.28. The van der Waals surface area contributed by atoms with Gasteiger partial charge in [0.2, 0.25) is 5.82 Å². The molecule has 0 aliphatic heterocycles. The lowest BCUT2D eigenvalue weighted by Gasteiger charge is -2.10. The number of aromatic nitrogens is 4. The Balaban J connectivity index is 1.70. The maximum absolute atomic E-state index is 12.4. The fourth-order valence-electron chi connectivity index (χ4n) is 3.28. The summed E-state index contributed by atoms with van der Waals surface area (Å²) in [5, 5.41) is 4.11. The van der Waals surface area contributed by atoms with Crippen molar-refractivity contribution < 1.29 is 9.26 Å². The molecule has 0 saturated carbocycles. The highest BCUT2D eigenvalue weighted by atomic mass is 16.5. The minimum absolute atomic E-state index is 0.0514. The summed E-state index contributed by atoms with van der Waals surface area (Å²) in [6.45, 7) is 7.00. The maximum atomic E-state index is 12.4. The van der Waals surface area contributed by atoms with Gasteiger partial charge in [-0.15, -0.1) is 0 Å². The lowest BCUT2D eigenvalue weighted by atomic mass is 10.1. The third-order valence-electron chi connectivity index (χ3n) is 4.65. The van der Waals surface area contributed by atoms with E-state index in [1.165, 1.54) is 0 Å². The third-order valence-corrected chi connectivity index (χ3v) is 4.65. The van der Waals surface area contributed by atoms with Crippen LogP contribution in [-0.2, 0) is 6.54 Å². The molecule has 7 heteroatoms. The Morgan fingerprint density at radius 1 is 1.03 bits per heavy atom. The SMILES string of the molecule is CCCn1c(=O)c(C)nc2cc(-c3noc(-c4ccc(OCC)cc4)n3)ccc21. The summed E-state index contributed by atoms with van der Waals surface area (Å²) in [6, 6.07) is 13.2. The van der Waals surface area contributed by atoms with E-state index in [4.69, 9.17) is 9.26 Å². The second kappa shape index (κ2) is 7.87. The Kier molecular flexibility index (Phi) is 5.12. The van der Waals surface area contributed by atoms with Crippen molar-refractivity contribution in [2.24, 2.45) is 0 Å². The number of rotatable bonds is 6. The molecule has 0 unspecified atom stereocenters. The molecule has 29 heavy (non-hydrogen) atoms. The van der Waals surface area contributed by atoms with Gasteiger partial charge in [-0.25, -0.2) is 4.98 Å². The molecule has 0 atom stereocenters. The highest BCUT2D eigenvalue weighted by molar-refractivity contribution is 5.80. The molecule has 0 saturated heterocycles. The van der Waals surface area contributed by atoms with Gasteiger partial charge < -0.3 is 13.8 Å². The molecule has 0 N–H and O–H groups in total. The predicted molar refractivity (Wildman–Crippen MR) is 111 cm³/mol. The minimum atomic E-state index is -0.0514. The lowest BCUT2D eigenvalue weighted by Crippen LogP contribution is -2.24. The van der Waals surface area contributed by atoms with Crippen LogP contribution in [0.3, 0.4) is 0 Å². The van der Waals surface area contributed by atoms with Crippen LogP contribution in [0, 0.1) is 6.92 Å². The summed E-state index contributed by atoms with van der Waals surface area (Å²) in [5.41, 5.74) is 3.57. The van der Waals surface area contributed by atoms with E-state index in [9.17, 15) is 4.79 Å². The number of nitrogens with zero attached hydrogens (tertiary/aromatic N) is 4. The van der Waals surface area contributed by atoms with E-state index in [1.807, 2.05) is 56.3 Å². The van der Waals surface area contributed by atoms with E-state index in [2.05, 4.69) is 15.1 Å². The first-order chi connectivity index (χ1) is 14.1. The van der Waals surface area contributed by atoms with Crippen LogP contribution < -0.4 is 10.3 Å².